The first kappa shape index (κ1) is 11.0. The zero-order valence-corrected chi connectivity index (χ0v) is 9.28. The topological polar surface area (TPSA) is 58.4 Å². The van der Waals surface area contributed by atoms with Crippen molar-refractivity contribution in [3.8, 4) is 0 Å². The summed E-state index contributed by atoms with van der Waals surface area (Å²) in [5.41, 5.74) is 7.92. The summed E-state index contributed by atoms with van der Waals surface area (Å²) in [6, 6.07) is 8.03. The molecule has 0 saturated carbocycles. The van der Waals surface area contributed by atoms with Gasteiger partial charge in [0.15, 0.2) is 0 Å². The summed E-state index contributed by atoms with van der Waals surface area (Å²) in [6.07, 6.45) is 1.01. The Hall–Kier alpha value is -1.55. The zero-order valence-electron chi connectivity index (χ0n) is 9.28. The Kier molecular flexibility index (Phi) is 3.41. The van der Waals surface area contributed by atoms with Gasteiger partial charge in [0, 0.05) is 26.2 Å². The molecule has 0 radical (unpaired) electrons. The fourth-order valence-corrected chi connectivity index (χ4v) is 1.95. The van der Waals surface area contributed by atoms with Crippen LogP contribution in [0.25, 0.3) is 0 Å². The molecule has 16 heavy (non-hydrogen) atoms. The van der Waals surface area contributed by atoms with E-state index in [4.69, 9.17) is 5.73 Å². The van der Waals surface area contributed by atoms with Crippen molar-refractivity contribution in [3.05, 3.63) is 35.4 Å². The number of nitrogens with one attached hydrogen (secondary N) is 1. The van der Waals surface area contributed by atoms with Crippen molar-refractivity contribution in [1.82, 2.24) is 10.2 Å². The van der Waals surface area contributed by atoms with Gasteiger partial charge in [-0.25, -0.2) is 4.79 Å². The third-order valence-electron chi connectivity index (χ3n) is 2.87. The van der Waals surface area contributed by atoms with E-state index in [0.717, 1.165) is 30.6 Å². The normalized spacial score (nSPS) is 16.1. The molecule has 1 aliphatic rings. The second-order valence-electron chi connectivity index (χ2n) is 3.98. The number of amides is 2. The molecule has 2 amide bonds. The van der Waals surface area contributed by atoms with Crippen molar-refractivity contribution in [2.45, 2.75) is 19.5 Å². The molecule has 1 fully saturated rings. The van der Waals surface area contributed by atoms with Gasteiger partial charge in [-0.2, -0.15) is 0 Å². The molecule has 0 aliphatic carbocycles. The molecule has 1 saturated heterocycles. The van der Waals surface area contributed by atoms with E-state index in [1.165, 1.54) is 0 Å². The Balaban J connectivity index is 2.10. The van der Waals surface area contributed by atoms with E-state index in [2.05, 4.69) is 5.32 Å². The van der Waals surface area contributed by atoms with E-state index < -0.39 is 0 Å². The molecule has 0 spiro atoms. The molecule has 0 aromatic heterocycles. The predicted octanol–water partition coefficient (Wildman–Crippen LogP) is 1.06. The second kappa shape index (κ2) is 4.99. The largest absolute Gasteiger partial charge is 0.338 e. The average Bonchev–Trinajstić information content (AvgIpc) is 2.33. The Morgan fingerprint density at radius 1 is 1.31 bits per heavy atom. The molecule has 3 N–H and O–H groups in total. The number of hydrogen-bond acceptors (Lipinski definition) is 2. The zero-order chi connectivity index (χ0) is 11.4. The quantitative estimate of drug-likeness (QED) is 0.798. The smallest absolute Gasteiger partial charge is 0.317 e. The third kappa shape index (κ3) is 2.33. The molecular formula is C12H17N3O. The van der Waals surface area contributed by atoms with Crippen LogP contribution in [0, 0.1) is 0 Å². The van der Waals surface area contributed by atoms with E-state index >= 15 is 0 Å². The fourth-order valence-electron chi connectivity index (χ4n) is 1.95. The number of carbonyl (C=O) groups is 1. The lowest BCUT2D eigenvalue weighted by Crippen LogP contribution is -2.45. The highest BCUT2D eigenvalue weighted by Gasteiger charge is 2.17. The van der Waals surface area contributed by atoms with E-state index in [1.54, 1.807) is 0 Å². The molecule has 1 aliphatic heterocycles. The number of carbonyl (C=O) groups excluding carboxylic acids is 1. The van der Waals surface area contributed by atoms with Crippen LogP contribution < -0.4 is 11.1 Å². The lowest BCUT2D eigenvalue weighted by Gasteiger charge is -2.28. The SMILES string of the molecule is NCc1ccccc1CN1CCCNC1=O. The van der Waals surface area contributed by atoms with Crippen molar-refractivity contribution in [2.24, 2.45) is 5.73 Å². The van der Waals surface area contributed by atoms with Gasteiger partial charge in [-0.05, 0) is 17.5 Å². The lowest BCUT2D eigenvalue weighted by atomic mass is 10.1. The van der Waals surface area contributed by atoms with Gasteiger partial charge in [-0.1, -0.05) is 24.3 Å². The van der Waals surface area contributed by atoms with Crippen LogP contribution in [0.15, 0.2) is 24.3 Å². The van der Waals surface area contributed by atoms with Gasteiger partial charge in [-0.3, -0.25) is 0 Å². The Morgan fingerprint density at radius 2 is 2.06 bits per heavy atom. The van der Waals surface area contributed by atoms with Crippen molar-refractivity contribution in [2.75, 3.05) is 13.1 Å². The summed E-state index contributed by atoms with van der Waals surface area (Å²) in [4.78, 5) is 13.4. The van der Waals surface area contributed by atoms with E-state index in [-0.39, 0.29) is 6.03 Å². The van der Waals surface area contributed by atoms with Crippen molar-refractivity contribution in [1.29, 1.82) is 0 Å². The van der Waals surface area contributed by atoms with Crippen LogP contribution >= 0.6 is 0 Å². The molecular weight excluding hydrogens is 202 g/mol. The predicted molar refractivity (Wildman–Crippen MR) is 62.8 cm³/mol. The first-order chi connectivity index (χ1) is 7.81. The lowest BCUT2D eigenvalue weighted by molar-refractivity contribution is 0.183. The molecule has 4 nitrogen and oxygen atoms in total. The standard InChI is InChI=1S/C12H17N3O/c13-8-10-4-1-2-5-11(10)9-15-7-3-6-14-12(15)16/h1-2,4-5H,3,6-9,13H2,(H,14,16). The summed E-state index contributed by atoms with van der Waals surface area (Å²) in [5, 5.41) is 2.85. The molecule has 86 valence electrons. The molecule has 1 aromatic carbocycles. The van der Waals surface area contributed by atoms with Crippen LogP contribution in [0.1, 0.15) is 17.5 Å². The van der Waals surface area contributed by atoms with Crippen molar-refractivity contribution in [3.63, 3.8) is 0 Å². The molecule has 0 unspecified atom stereocenters. The molecule has 1 heterocycles. The maximum Gasteiger partial charge on any atom is 0.317 e. The Bertz CT molecular complexity index is 378. The van der Waals surface area contributed by atoms with E-state index in [1.807, 2.05) is 29.2 Å². The minimum absolute atomic E-state index is 0.0260. The number of hydrogen-bond donors (Lipinski definition) is 2. The van der Waals surface area contributed by atoms with Crippen molar-refractivity contribution >= 4 is 6.03 Å². The molecule has 2 rings (SSSR count). The van der Waals surface area contributed by atoms with Gasteiger partial charge in [0.1, 0.15) is 0 Å². The van der Waals surface area contributed by atoms with Gasteiger partial charge in [0.2, 0.25) is 0 Å². The summed E-state index contributed by atoms with van der Waals surface area (Å²) in [7, 11) is 0. The van der Waals surface area contributed by atoms with E-state index in [0.29, 0.717) is 13.1 Å². The minimum atomic E-state index is 0.0260. The number of urea groups is 1. The number of nitrogens with zero attached hydrogens (tertiary/aromatic N) is 1. The summed E-state index contributed by atoms with van der Waals surface area (Å²) < 4.78 is 0. The van der Waals surface area contributed by atoms with E-state index in [9.17, 15) is 4.79 Å². The van der Waals surface area contributed by atoms with Crippen LogP contribution in [0.2, 0.25) is 0 Å². The second-order valence-corrected chi connectivity index (χ2v) is 3.98. The molecule has 0 bridgehead atoms. The number of rotatable bonds is 3. The minimum Gasteiger partial charge on any atom is -0.338 e. The van der Waals surface area contributed by atoms with Crippen LogP contribution in [0.4, 0.5) is 4.79 Å². The maximum atomic E-state index is 11.6. The molecule has 0 atom stereocenters. The highest BCUT2D eigenvalue weighted by atomic mass is 16.2. The third-order valence-corrected chi connectivity index (χ3v) is 2.87. The summed E-state index contributed by atoms with van der Waals surface area (Å²) in [5.74, 6) is 0. The van der Waals surface area contributed by atoms with Gasteiger partial charge in [0.25, 0.3) is 0 Å². The van der Waals surface area contributed by atoms with Crippen molar-refractivity contribution < 1.29 is 4.79 Å². The fraction of sp³-hybridized carbons (Fsp3) is 0.417. The average molecular weight is 219 g/mol. The highest BCUT2D eigenvalue weighted by molar-refractivity contribution is 5.74. The molecule has 4 heteroatoms. The van der Waals surface area contributed by atoms with Crippen LogP contribution in [-0.4, -0.2) is 24.0 Å². The van der Waals surface area contributed by atoms with Gasteiger partial charge >= 0.3 is 6.03 Å². The van der Waals surface area contributed by atoms with Crippen LogP contribution in [-0.2, 0) is 13.1 Å². The maximum absolute atomic E-state index is 11.6. The van der Waals surface area contributed by atoms with Gasteiger partial charge in [0.05, 0.1) is 0 Å². The first-order valence-electron chi connectivity index (χ1n) is 5.61. The van der Waals surface area contributed by atoms with Gasteiger partial charge in [-0.15, -0.1) is 0 Å². The summed E-state index contributed by atoms with van der Waals surface area (Å²) >= 11 is 0. The molecule has 1 aromatic rings. The number of nitrogens with two attached hydrogens (primary N) is 1. The summed E-state index contributed by atoms with van der Waals surface area (Å²) in [6.45, 7) is 2.78. The van der Waals surface area contributed by atoms with Crippen LogP contribution in [0.5, 0.6) is 0 Å². The highest BCUT2D eigenvalue weighted by Crippen LogP contribution is 2.12. The Labute approximate surface area is 95.4 Å². The number of benzene rings is 1. The van der Waals surface area contributed by atoms with Gasteiger partial charge < -0.3 is 16.0 Å². The first-order valence-corrected chi connectivity index (χ1v) is 5.61. The Morgan fingerprint density at radius 3 is 2.75 bits per heavy atom. The van der Waals surface area contributed by atoms with Crippen LogP contribution in [0.3, 0.4) is 0 Å². The monoisotopic (exact) mass is 219 g/mol.